The molecule has 26 heavy (non-hydrogen) atoms. The minimum Gasteiger partial charge on any atom is -0.496 e. The van der Waals surface area contributed by atoms with Crippen LogP contribution in [0.1, 0.15) is 5.56 Å². The fourth-order valence-corrected chi connectivity index (χ4v) is 2.66. The molecule has 0 aliphatic carbocycles. The highest BCUT2D eigenvalue weighted by Gasteiger charge is 2.11. The lowest BCUT2D eigenvalue weighted by Gasteiger charge is -2.26. The van der Waals surface area contributed by atoms with Gasteiger partial charge < -0.3 is 24.3 Å². The highest BCUT2D eigenvalue weighted by molar-refractivity contribution is 7.80. The number of methoxy groups -OCH3 is 3. The van der Waals surface area contributed by atoms with Crippen LogP contribution in [0.2, 0.25) is 0 Å². The van der Waals surface area contributed by atoms with Gasteiger partial charge in [-0.15, -0.1) is 0 Å². The number of rotatable bonds is 8. The Hall–Kier alpha value is -2.10. The van der Waals surface area contributed by atoms with Gasteiger partial charge in [0, 0.05) is 37.8 Å². The Kier molecular flexibility index (Phi) is 8.39. The summed E-state index contributed by atoms with van der Waals surface area (Å²) in [6.45, 7) is 5.16. The molecule has 0 atom stereocenters. The normalized spacial score (nSPS) is 14.9. The molecule has 1 saturated heterocycles. The Balaban J connectivity index is 1.83. The van der Waals surface area contributed by atoms with Gasteiger partial charge in [0.15, 0.2) is 16.6 Å². The first-order chi connectivity index (χ1) is 12.7. The van der Waals surface area contributed by atoms with Crippen LogP contribution in [0, 0.1) is 0 Å². The van der Waals surface area contributed by atoms with Gasteiger partial charge in [-0.05, 0) is 18.3 Å². The second-order valence-corrected chi connectivity index (χ2v) is 5.94. The van der Waals surface area contributed by atoms with E-state index in [0.29, 0.717) is 22.4 Å². The van der Waals surface area contributed by atoms with E-state index in [1.54, 1.807) is 39.7 Å². The highest BCUT2D eigenvalue weighted by Crippen LogP contribution is 2.33. The molecule has 8 nitrogen and oxygen atoms in total. The number of morpholine rings is 1. The lowest BCUT2D eigenvalue weighted by molar-refractivity contribution is 0.0389. The van der Waals surface area contributed by atoms with Crippen molar-refractivity contribution in [1.29, 1.82) is 0 Å². The predicted molar refractivity (Wildman–Crippen MR) is 105 cm³/mol. The van der Waals surface area contributed by atoms with Crippen LogP contribution in [-0.2, 0) is 4.74 Å². The van der Waals surface area contributed by atoms with Crippen LogP contribution in [-0.4, -0.2) is 76.9 Å². The maximum atomic E-state index is 5.36. The first-order valence-corrected chi connectivity index (χ1v) is 8.75. The average molecular weight is 382 g/mol. The zero-order valence-electron chi connectivity index (χ0n) is 15.4. The zero-order chi connectivity index (χ0) is 18.8. The molecule has 1 fully saturated rings. The Morgan fingerprint density at radius 1 is 1.15 bits per heavy atom. The number of hydrogen-bond donors (Lipinski definition) is 2. The molecule has 0 amide bonds. The third-order valence-electron chi connectivity index (χ3n) is 3.92. The van der Waals surface area contributed by atoms with Gasteiger partial charge in [-0.25, -0.2) is 0 Å². The van der Waals surface area contributed by atoms with Crippen LogP contribution in [0.4, 0.5) is 0 Å². The van der Waals surface area contributed by atoms with E-state index in [-0.39, 0.29) is 0 Å². The summed E-state index contributed by atoms with van der Waals surface area (Å²) in [6.07, 6.45) is 1.62. The molecule has 0 unspecified atom stereocenters. The van der Waals surface area contributed by atoms with Crippen molar-refractivity contribution in [2.45, 2.75) is 0 Å². The topological polar surface area (TPSA) is 76.6 Å². The molecule has 1 aromatic carbocycles. The second kappa shape index (κ2) is 10.8. The number of ether oxygens (including phenoxy) is 4. The maximum Gasteiger partial charge on any atom is 0.187 e. The molecule has 9 heteroatoms. The SMILES string of the molecule is COc1cc(OC)c(OC)cc1C=NNC(=S)NCCN1CCOCC1. The number of benzene rings is 1. The van der Waals surface area contributed by atoms with Gasteiger partial charge in [-0.3, -0.25) is 10.3 Å². The molecule has 0 radical (unpaired) electrons. The van der Waals surface area contributed by atoms with E-state index in [0.717, 1.165) is 45.0 Å². The van der Waals surface area contributed by atoms with E-state index in [4.69, 9.17) is 31.2 Å². The number of nitrogens with one attached hydrogen (secondary N) is 2. The van der Waals surface area contributed by atoms with Gasteiger partial charge in [0.1, 0.15) is 5.75 Å². The fraction of sp³-hybridized carbons (Fsp3) is 0.529. The molecule has 1 aliphatic rings. The fourth-order valence-electron chi connectivity index (χ4n) is 2.51. The molecule has 2 rings (SSSR count). The number of thiocarbonyl (C=S) groups is 1. The maximum absolute atomic E-state index is 5.36. The van der Waals surface area contributed by atoms with E-state index in [2.05, 4.69) is 20.7 Å². The minimum absolute atomic E-state index is 0.467. The second-order valence-electron chi connectivity index (χ2n) is 5.53. The van der Waals surface area contributed by atoms with E-state index in [1.165, 1.54) is 0 Å². The van der Waals surface area contributed by atoms with E-state index in [9.17, 15) is 0 Å². The summed E-state index contributed by atoms with van der Waals surface area (Å²) in [5.74, 6) is 1.81. The molecule has 1 aromatic rings. The molecule has 2 N–H and O–H groups in total. The Labute approximate surface area is 159 Å². The van der Waals surface area contributed by atoms with Gasteiger partial charge in [-0.1, -0.05) is 0 Å². The molecule has 0 aromatic heterocycles. The molecule has 0 bridgehead atoms. The first-order valence-electron chi connectivity index (χ1n) is 8.35. The van der Waals surface area contributed by atoms with Crippen LogP contribution in [0.5, 0.6) is 17.2 Å². The molecule has 1 aliphatic heterocycles. The van der Waals surface area contributed by atoms with Crippen molar-refractivity contribution in [3.63, 3.8) is 0 Å². The largest absolute Gasteiger partial charge is 0.496 e. The number of nitrogens with zero attached hydrogens (tertiary/aromatic N) is 2. The third-order valence-corrected chi connectivity index (χ3v) is 4.16. The average Bonchev–Trinajstić information content (AvgIpc) is 2.68. The quantitative estimate of drug-likeness (QED) is 0.389. The zero-order valence-corrected chi connectivity index (χ0v) is 16.2. The van der Waals surface area contributed by atoms with Crippen molar-refractivity contribution in [3.05, 3.63) is 17.7 Å². The van der Waals surface area contributed by atoms with Gasteiger partial charge in [0.2, 0.25) is 0 Å². The summed E-state index contributed by atoms with van der Waals surface area (Å²) in [5, 5.41) is 7.76. The van der Waals surface area contributed by atoms with Crippen molar-refractivity contribution < 1.29 is 18.9 Å². The Morgan fingerprint density at radius 2 is 1.81 bits per heavy atom. The number of hydrogen-bond acceptors (Lipinski definition) is 7. The van der Waals surface area contributed by atoms with Crippen LogP contribution in [0.15, 0.2) is 17.2 Å². The highest BCUT2D eigenvalue weighted by atomic mass is 32.1. The van der Waals surface area contributed by atoms with Crippen LogP contribution in [0.25, 0.3) is 0 Å². The summed E-state index contributed by atoms with van der Waals surface area (Å²) in [7, 11) is 4.74. The molecule has 0 saturated carbocycles. The summed E-state index contributed by atoms with van der Waals surface area (Å²) in [6, 6.07) is 3.54. The van der Waals surface area contributed by atoms with Crippen LogP contribution >= 0.6 is 12.2 Å². The van der Waals surface area contributed by atoms with Crippen molar-refractivity contribution in [2.75, 3.05) is 60.7 Å². The smallest absolute Gasteiger partial charge is 0.187 e. The van der Waals surface area contributed by atoms with Crippen molar-refractivity contribution in [3.8, 4) is 17.2 Å². The van der Waals surface area contributed by atoms with E-state index in [1.807, 2.05) is 0 Å². The van der Waals surface area contributed by atoms with E-state index < -0.39 is 0 Å². The lowest BCUT2D eigenvalue weighted by Crippen LogP contribution is -2.42. The summed E-state index contributed by atoms with van der Waals surface area (Å²) < 4.78 is 21.2. The van der Waals surface area contributed by atoms with E-state index >= 15 is 0 Å². The summed E-state index contributed by atoms with van der Waals surface area (Å²) >= 11 is 5.23. The standard InChI is InChI=1S/C17H26N4O4S/c1-22-14-11-16(24-3)15(23-2)10-13(14)12-19-20-17(26)18-4-5-21-6-8-25-9-7-21/h10-12H,4-9H2,1-3H3,(H2,18,20,26). The van der Waals surface area contributed by atoms with Crippen LogP contribution in [0.3, 0.4) is 0 Å². The van der Waals surface area contributed by atoms with Crippen molar-refractivity contribution in [2.24, 2.45) is 5.10 Å². The number of hydrazone groups is 1. The predicted octanol–water partition coefficient (Wildman–Crippen LogP) is 0.843. The van der Waals surface area contributed by atoms with Crippen molar-refractivity contribution >= 4 is 23.5 Å². The van der Waals surface area contributed by atoms with Crippen LogP contribution < -0.4 is 25.0 Å². The summed E-state index contributed by atoms with van der Waals surface area (Å²) in [5.41, 5.74) is 3.55. The van der Waals surface area contributed by atoms with Gasteiger partial charge in [0.05, 0.1) is 40.8 Å². The monoisotopic (exact) mass is 382 g/mol. The van der Waals surface area contributed by atoms with Crippen molar-refractivity contribution in [1.82, 2.24) is 15.6 Å². The molecule has 144 valence electrons. The third kappa shape index (κ3) is 6.01. The van der Waals surface area contributed by atoms with Gasteiger partial charge in [-0.2, -0.15) is 5.10 Å². The lowest BCUT2D eigenvalue weighted by atomic mass is 10.2. The Bertz CT molecular complexity index is 621. The van der Waals surface area contributed by atoms with Gasteiger partial charge >= 0.3 is 0 Å². The Morgan fingerprint density at radius 3 is 2.46 bits per heavy atom. The molecule has 1 heterocycles. The molecule has 0 spiro atoms. The first kappa shape index (κ1) is 20.2. The minimum atomic E-state index is 0.467. The summed E-state index contributed by atoms with van der Waals surface area (Å²) in [4.78, 5) is 2.33. The van der Waals surface area contributed by atoms with Gasteiger partial charge in [0.25, 0.3) is 0 Å². The molecular weight excluding hydrogens is 356 g/mol. The molecular formula is C17H26N4O4S.